The number of hydrogen-bond donors (Lipinski definition) is 1. The number of nitrogens with one attached hydrogen (secondary N) is 1. The van der Waals surface area contributed by atoms with Crippen LogP contribution in [-0.2, 0) is 6.42 Å². The molecule has 3 nitrogen and oxygen atoms in total. The van der Waals surface area contributed by atoms with Crippen molar-refractivity contribution in [2.24, 2.45) is 0 Å². The van der Waals surface area contributed by atoms with Gasteiger partial charge in [-0.15, -0.1) is 0 Å². The SMILES string of the molecule is COc1cccc(CCNc2cc(Br)cc(C#N)c2)c1. The quantitative estimate of drug-likeness (QED) is 0.901. The van der Waals surface area contributed by atoms with E-state index in [1.165, 1.54) is 5.56 Å². The van der Waals surface area contributed by atoms with Gasteiger partial charge in [0.15, 0.2) is 0 Å². The van der Waals surface area contributed by atoms with E-state index in [2.05, 4.69) is 33.4 Å². The number of nitriles is 1. The van der Waals surface area contributed by atoms with Crippen molar-refractivity contribution in [3.8, 4) is 11.8 Å². The van der Waals surface area contributed by atoms with Gasteiger partial charge in [-0.3, -0.25) is 0 Å². The highest BCUT2D eigenvalue weighted by Crippen LogP contribution is 2.19. The lowest BCUT2D eigenvalue weighted by Crippen LogP contribution is -2.05. The maximum absolute atomic E-state index is 8.94. The Morgan fingerprint density at radius 2 is 2.10 bits per heavy atom. The number of nitrogens with zero attached hydrogens (tertiary/aromatic N) is 1. The first kappa shape index (κ1) is 14.4. The van der Waals surface area contributed by atoms with Crippen molar-refractivity contribution in [3.63, 3.8) is 0 Å². The van der Waals surface area contributed by atoms with Gasteiger partial charge in [-0.05, 0) is 42.3 Å². The average Bonchev–Trinajstić information content (AvgIpc) is 2.47. The predicted molar refractivity (Wildman–Crippen MR) is 84.0 cm³/mol. The van der Waals surface area contributed by atoms with Crippen molar-refractivity contribution in [2.45, 2.75) is 6.42 Å². The fourth-order valence-electron chi connectivity index (χ4n) is 1.94. The Morgan fingerprint density at radius 1 is 1.25 bits per heavy atom. The summed E-state index contributed by atoms with van der Waals surface area (Å²) in [6, 6.07) is 15.8. The van der Waals surface area contributed by atoms with Gasteiger partial charge in [0, 0.05) is 16.7 Å². The molecule has 0 bridgehead atoms. The molecule has 0 aliphatic carbocycles. The molecule has 102 valence electrons. The number of hydrogen-bond acceptors (Lipinski definition) is 3. The van der Waals surface area contributed by atoms with Gasteiger partial charge in [0.05, 0.1) is 18.7 Å². The molecular formula is C16H15BrN2O. The van der Waals surface area contributed by atoms with E-state index < -0.39 is 0 Å². The number of methoxy groups -OCH3 is 1. The summed E-state index contributed by atoms with van der Waals surface area (Å²) in [7, 11) is 1.67. The Hall–Kier alpha value is -1.99. The molecule has 0 saturated heterocycles. The second kappa shape index (κ2) is 6.97. The van der Waals surface area contributed by atoms with E-state index in [9.17, 15) is 0 Å². The molecule has 0 radical (unpaired) electrons. The summed E-state index contributed by atoms with van der Waals surface area (Å²) in [6.07, 6.45) is 0.894. The summed E-state index contributed by atoms with van der Waals surface area (Å²) in [4.78, 5) is 0. The van der Waals surface area contributed by atoms with Crippen molar-refractivity contribution in [1.29, 1.82) is 5.26 Å². The van der Waals surface area contributed by atoms with Crippen LogP contribution in [0.15, 0.2) is 46.9 Å². The monoisotopic (exact) mass is 330 g/mol. The van der Waals surface area contributed by atoms with Gasteiger partial charge in [-0.1, -0.05) is 28.1 Å². The van der Waals surface area contributed by atoms with Crippen LogP contribution in [0.25, 0.3) is 0 Å². The van der Waals surface area contributed by atoms with Crippen LogP contribution in [0.1, 0.15) is 11.1 Å². The minimum Gasteiger partial charge on any atom is -0.497 e. The van der Waals surface area contributed by atoms with Gasteiger partial charge < -0.3 is 10.1 Å². The number of benzene rings is 2. The Morgan fingerprint density at radius 3 is 2.85 bits per heavy atom. The van der Waals surface area contributed by atoms with Crippen LogP contribution in [0.4, 0.5) is 5.69 Å². The van der Waals surface area contributed by atoms with Crippen LogP contribution >= 0.6 is 15.9 Å². The fourth-order valence-corrected chi connectivity index (χ4v) is 2.43. The molecular weight excluding hydrogens is 316 g/mol. The lowest BCUT2D eigenvalue weighted by molar-refractivity contribution is 0.414. The molecule has 0 saturated carbocycles. The number of anilines is 1. The summed E-state index contributed by atoms with van der Waals surface area (Å²) in [6.45, 7) is 0.800. The molecule has 0 fully saturated rings. The van der Waals surface area contributed by atoms with Crippen molar-refractivity contribution >= 4 is 21.6 Å². The van der Waals surface area contributed by atoms with Gasteiger partial charge in [0.1, 0.15) is 5.75 Å². The normalized spacial score (nSPS) is 9.85. The third-order valence-electron chi connectivity index (χ3n) is 2.90. The van der Waals surface area contributed by atoms with Gasteiger partial charge in [-0.2, -0.15) is 5.26 Å². The topological polar surface area (TPSA) is 45.0 Å². The molecule has 2 aromatic carbocycles. The highest BCUT2D eigenvalue weighted by atomic mass is 79.9. The van der Waals surface area contributed by atoms with Gasteiger partial charge in [0.25, 0.3) is 0 Å². The van der Waals surface area contributed by atoms with Crippen LogP contribution < -0.4 is 10.1 Å². The van der Waals surface area contributed by atoms with Gasteiger partial charge in [0.2, 0.25) is 0 Å². The Bertz CT molecular complexity index is 635. The highest BCUT2D eigenvalue weighted by molar-refractivity contribution is 9.10. The van der Waals surface area contributed by atoms with Crippen molar-refractivity contribution in [2.75, 3.05) is 19.0 Å². The fraction of sp³-hybridized carbons (Fsp3) is 0.188. The number of halogens is 1. The highest BCUT2D eigenvalue weighted by Gasteiger charge is 2.00. The molecule has 0 aliphatic heterocycles. The molecule has 1 N–H and O–H groups in total. The second-order valence-electron chi connectivity index (χ2n) is 4.37. The Kier molecular flexibility index (Phi) is 5.03. The molecule has 0 heterocycles. The molecule has 2 rings (SSSR count). The minimum atomic E-state index is 0.642. The first-order chi connectivity index (χ1) is 9.71. The second-order valence-corrected chi connectivity index (χ2v) is 5.28. The zero-order chi connectivity index (χ0) is 14.4. The minimum absolute atomic E-state index is 0.642. The lowest BCUT2D eigenvalue weighted by Gasteiger charge is -2.08. The average molecular weight is 331 g/mol. The van der Waals surface area contributed by atoms with E-state index in [0.717, 1.165) is 28.9 Å². The summed E-state index contributed by atoms with van der Waals surface area (Å²) in [5.74, 6) is 0.872. The predicted octanol–water partition coefficient (Wildman–Crippen LogP) is 3.98. The van der Waals surface area contributed by atoms with Crippen LogP contribution in [0.5, 0.6) is 5.75 Å². The molecule has 2 aromatic rings. The van der Waals surface area contributed by atoms with E-state index in [4.69, 9.17) is 10.00 Å². The Labute approximate surface area is 127 Å². The first-order valence-corrected chi connectivity index (χ1v) is 7.08. The summed E-state index contributed by atoms with van der Waals surface area (Å²) < 4.78 is 6.11. The molecule has 0 spiro atoms. The Balaban J connectivity index is 1.96. The molecule has 0 atom stereocenters. The first-order valence-electron chi connectivity index (χ1n) is 6.29. The molecule has 4 heteroatoms. The van der Waals surface area contributed by atoms with E-state index in [-0.39, 0.29) is 0 Å². The van der Waals surface area contributed by atoms with Crippen LogP contribution in [0.2, 0.25) is 0 Å². The summed E-state index contributed by atoms with van der Waals surface area (Å²) >= 11 is 3.40. The van der Waals surface area contributed by atoms with E-state index in [1.54, 1.807) is 13.2 Å². The molecule has 20 heavy (non-hydrogen) atoms. The van der Waals surface area contributed by atoms with Crippen molar-refractivity contribution in [3.05, 3.63) is 58.1 Å². The number of ether oxygens (including phenoxy) is 1. The van der Waals surface area contributed by atoms with Crippen molar-refractivity contribution < 1.29 is 4.74 Å². The van der Waals surface area contributed by atoms with Crippen LogP contribution in [-0.4, -0.2) is 13.7 Å². The molecule has 0 aliphatic rings. The summed E-state index contributed by atoms with van der Waals surface area (Å²) in [5.41, 5.74) is 2.80. The summed E-state index contributed by atoms with van der Waals surface area (Å²) in [5, 5.41) is 12.3. The zero-order valence-electron chi connectivity index (χ0n) is 11.2. The van der Waals surface area contributed by atoms with Gasteiger partial charge >= 0.3 is 0 Å². The molecule has 0 unspecified atom stereocenters. The lowest BCUT2D eigenvalue weighted by atomic mass is 10.1. The third kappa shape index (κ3) is 4.01. The molecule has 0 aromatic heterocycles. The third-order valence-corrected chi connectivity index (χ3v) is 3.36. The maximum Gasteiger partial charge on any atom is 0.119 e. The zero-order valence-corrected chi connectivity index (χ0v) is 12.8. The van der Waals surface area contributed by atoms with Crippen LogP contribution in [0.3, 0.4) is 0 Å². The van der Waals surface area contributed by atoms with Crippen LogP contribution in [0, 0.1) is 11.3 Å². The largest absolute Gasteiger partial charge is 0.497 e. The number of rotatable bonds is 5. The molecule has 0 amide bonds. The maximum atomic E-state index is 8.94. The van der Waals surface area contributed by atoms with Gasteiger partial charge in [-0.25, -0.2) is 0 Å². The van der Waals surface area contributed by atoms with Crippen molar-refractivity contribution in [1.82, 2.24) is 0 Å². The smallest absolute Gasteiger partial charge is 0.119 e. The van der Waals surface area contributed by atoms with E-state index >= 15 is 0 Å². The van der Waals surface area contributed by atoms with E-state index in [0.29, 0.717) is 5.56 Å². The standard InChI is InChI=1S/C16H15BrN2O/c1-20-16-4-2-3-12(9-16)5-6-19-15-8-13(11-18)7-14(17)10-15/h2-4,7-10,19H,5-6H2,1H3. The van der Waals surface area contributed by atoms with E-state index in [1.807, 2.05) is 30.3 Å².